The van der Waals surface area contributed by atoms with Gasteiger partial charge >= 0.3 is 0 Å². The van der Waals surface area contributed by atoms with Gasteiger partial charge in [-0.15, -0.1) is 10.2 Å². The summed E-state index contributed by atoms with van der Waals surface area (Å²) in [5.41, 5.74) is 0. The third kappa shape index (κ3) is 2.20. The smallest absolute Gasteiger partial charge is 0.150 e. The number of aromatic nitrogens is 3. The zero-order valence-corrected chi connectivity index (χ0v) is 9.66. The molecule has 1 aromatic heterocycles. The van der Waals surface area contributed by atoms with Crippen molar-refractivity contribution in [1.29, 1.82) is 0 Å². The molecule has 1 N–H and O–H groups in total. The van der Waals surface area contributed by atoms with Crippen LogP contribution in [0.2, 0.25) is 0 Å². The highest BCUT2D eigenvalue weighted by Crippen LogP contribution is 2.22. The van der Waals surface area contributed by atoms with Crippen molar-refractivity contribution < 1.29 is 0 Å². The number of piperidine rings is 1. The summed E-state index contributed by atoms with van der Waals surface area (Å²) in [4.78, 5) is 0. The number of rotatable bonds is 3. The zero-order chi connectivity index (χ0) is 10.7. The van der Waals surface area contributed by atoms with Crippen molar-refractivity contribution in [3.63, 3.8) is 0 Å². The van der Waals surface area contributed by atoms with Gasteiger partial charge in [0, 0.05) is 6.54 Å². The maximum atomic E-state index is 4.31. The van der Waals surface area contributed by atoms with E-state index < -0.39 is 0 Å². The van der Waals surface area contributed by atoms with Gasteiger partial charge < -0.3 is 9.88 Å². The fourth-order valence-electron chi connectivity index (χ4n) is 2.23. The molecule has 1 saturated heterocycles. The first-order chi connectivity index (χ1) is 7.33. The van der Waals surface area contributed by atoms with Crippen LogP contribution in [-0.2, 0) is 6.54 Å². The second-order valence-corrected chi connectivity index (χ2v) is 4.26. The maximum absolute atomic E-state index is 4.31. The van der Waals surface area contributed by atoms with Crippen LogP contribution in [-0.4, -0.2) is 21.3 Å². The summed E-state index contributed by atoms with van der Waals surface area (Å²) in [5.74, 6) is 2.17. The lowest BCUT2D eigenvalue weighted by Gasteiger charge is -2.23. The minimum atomic E-state index is 0.423. The van der Waals surface area contributed by atoms with E-state index in [-0.39, 0.29) is 0 Å². The maximum Gasteiger partial charge on any atom is 0.150 e. The molecule has 4 nitrogen and oxygen atoms in total. The molecule has 2 rings (SSSR count). The van der Waals surface area contributed by atoms with Crippen molar-refractivity contribution in [3.8, 4) is 0 Å². The molecule has 2 heterocycles. The Morgan fingerprint density at radius 2 is 2.27 bits per heavy atom. The Labute approximate surface area is 91.1 Å². The monoisotopic (exact) mass is 208 g/mol. The van der Waals surface area contributed by atoms with E-state index in [2.05, 4.69) is 27.0 Å². The topological polar surface area (TPSA) is 42.7 Å². The lowest BCUT2D eigenvalue weighted by Crippen LogP contribution is -2.29. The molecule has 0 radical (unpaired) electrons. The highest BCUT2D eigenvalue weighted by atomic mass is 15.3. The first-order valence-electron chi connectivity index (χ1n) is 5.96. The van der Waals surface area contributed by atoms with Crippen molar-refractivity contribution in [2.75, 3.05) is 6.54 Å². The number of hydrogen-bond donors (Lipinski definition) is 1. The van der Waals surface area contributed by atoms with Crippen LogP contribution in [0.4, 0.5) is 0 Å². The Morgan fingerprint density at radius 3 is 2.93 bits per heavy atom. The Bertz CT molecular complexity index is 312. The van der Waals surface area contributed by atoms with Gasteiger partial charge in [0.25, 0.3) is 0 Å². The SMILES string of the molecule is CCCn1c(C)nnc1[C@H]1CCCCN1. The van der Waals surface area contributed by atoms with Gasteiger partial charge in [-0.25, -0.2) is 0 Å². The second kappa shape index (κ2) is 4.75. The summed E-state index contributed by atoms with van der Waals surface area (Å²) < 4.78 is 2.25. The number of nitrogens with zero attached hydrogens (tertiary/aromatic N) is 3. The third-order valence-electron chi connectivity index (χ3n) is 3.03. The highest BCUT2D eigenvalue weighted by molar-refractivity contribution is 5.01. The van der Waals surface area contributed by atoms with E-state index in [4.69, 9.17) is 0 Å². The lowest BCUT2D eigenvalue weighted by atomic mass is 10.0. The normalized spacial score (nSPS) is 21.9. The van der Waals surface area contributed by atoms with Crippen LogP contribution in [0.15, 0.2) is 0 Å². The summed E-state index contributed by atoms with van der Waals surface area (Å²) in [6.07, 6.45) is 4.92. The zero-order valence-electron chi connectivity index (χ0n) is 9.66. The molecule has 0 saturated carbocycles. The molecule has 15 heavy (non-hydrogen) atoms. The number of nitrogens with one attached hydrogen (secondary N) is 1. The van der Waals surface area contributed by atoms with Crippen LogP contribution in [0.1, 0.15) is 50.3 Å². The highest BCUT2D eigenvalue weighted by Gasteiger charge is 2.20. The van der Waals surface area contributed by atoms with E-state index in [0.29, 0.717) is 6.04 Å². The minimum Gasteiger partial charge on any atom is -0.314 e. The molecule has 0 bridgehead atoms. The molecule has 0 unspecified atom stereocenters. The summed E-state index contributed by atoms with van der Waals surface area (Å²) in [5, 5.41) is 12.0. The van der Waals surface area contributed by atoms with Gasteiger partial charge in [0.1, 0.15) is 11.6 Å². The van der Waals surface area contributed by atoms with Crippen molar-refractivity contribution in [2.24, 2.45) is 0 Å². The fourth-order valence-corrected chi connectivity index (χ4v) is 2.23. The van der Waals surface area contributed by atoms with Gasteiger partial charge in [0.15, 0.2) is 0 Å². The van der Waals surface area contributed by atoms with Gasteiger partial charge in [-0.05, 0) is 32.7 Å². The Hall–Kier alpha value is -0.900. The molecule has 84 valence electrons. The molecule has 1 fully saturated rings. The van der Waals surface area contributed by atoms with E-state index in [1.54, 1.807) is 0 Å². The molecule has 0 aliphatic carbocycles. The van der Waals surface area contributed by atoms with E-state index in [1.165, 1.54) is 19.3 Å². The predicted octanol–water partition coefficient (Wildman–Crippen LogP) is 1.81. The van der Waals surface area contributed by atoms with Crippen LogP contribution in [0.3, 0.4) is 0 Å². The van der Waals surface area contributed by atoms with E-state index in [9.17, 15) is 0 Å². The second-order valence-electron chi connectivity index (χ2n) is 4.26. The van der Waals surface area contributed by atoms with Crippen LogP contribution in [0.5, 0.6) is 0 Å². The Balaban J connectivity index is 2.18. The molecule has 1 aromatic rings. The van der Waals surface area contributed by atoms with Gasteiger partial charge in [-0.1, -0.05) is 13.3 Å². The molecule has 1 atom stereocenters. The first kappa shape index (κ1) is 10.6. The van der Waals surface area contributed by atoms with Gasteiger partial charge in [0.2, 0.25) is 0 Å². The quantitative estimate of drug-likeness (QED) is 0.823. The minimum absolute atomic E-state index is 0.423. The first-order valence-corrected chi connectivity index (χ1v) is 5.96. The van der Waals surface area contributed by atoms with E-state index >= 15 is 0 Å². The van der Waals surface area contributed by atoms with E-state index in [0.717, 1.165) is 31.2 Å². The lowest BCUT2D eigenvalue weighted by molar-refractivity contribution is 0.383. The molecule has 1 aliphatic rings. The molecule has 0 aromatic carbocycles. The number of hydrogen-bond acceptors (Lipinski definition) is 3. The average Bonchev–Trinajstić information content (AvgIpc) is 2.63. The molecule has 1 aliphatic heterocycles. The fraction of sp³-hybridized carbons (Fsp3) is 0.818. The molecule has 4 heteroatoms. The van der Waals surface area contributed by atoms with Gasteiger partial charge in [-0.3, -0.25) is 0 Å². The summed E-state index contributed by atoms with van der Waals surface area (Å²) in [6, 6.07) is 0.423. The Morgan fingerprint density at radius 1 is 1.40 bits per heavy atom. The molecule has 0 amide bonds. The van der Waals surface area contributed by atoms with Crippen LogP contribution in [0.25, 0.3) is 0 Å². The van der Waals surface area contributed by atoms with Crippen molar-refractivity contribution in [2.45, 2.75) is 52.1 Å². The largest absolute Gasteiger partial charge is 0.314 e. The summed E-state index contributed by atoms with van der Waals surface area (Å²) in [7, 11) is 0. The summed E-state index contributed by atoms with van der Waals surface area (Å²) in [6.45, 7) is 6.38. The van der Waals surface area contributed by atoms with Gasteiger partial charge in [-0.2, -0.15) is 0 Å². The summed E-state index contributed by atoms with van der Waals surface area (Å²) >= 11 is 0. The molecular weight excluding hydrogens is 188 g/mol. The van der Waals surface area contributed by atoms with Crippen LogP contribution < -0.4 is 5.32 Å². The van der Waals surface area contributed by atoms with Crippen LogP contribution in [0, 0.1) is 6.92 Å². The predicted molar refractivity (Wildman–Crippen MR) is 59.6 cm³/mol. The molecule has 0 spiro atoms. The van der Waals surface area contributed by atoms with Crippen molar-refractivity contribution in [3.05, 3.63) is 11.6 Å². The van der Waals surface area contributed by atoms with Crippen molar-refractivity contribution >= 4 is 0 Å². The van der Waals surface area contributed by atoms with Gasteiger partial charge in [0.05, 0.1) is 6.04 Å². The molecular formula is C11H20N4. The Kier molecular flexibility index (Phi) is 3.36. The van der Waals surface area contributed by atoms with E-state index in [1.807, 2.05) is 6.92 Å². The van der Waals surface area contributed by atoms with Crippen molar-refractivity contribution in [1.82, 2.24) is 20.1 Å². The van der Waals surface area contributed by atoms with Crippen LogP contribution >= 0.6 is 0 Å². The number of aryl methyl sites for hydroxylation is 1. The average molecular weight is 208 g/mol. The standard InChI is InChI=1S/C11H20N4/c1-3-8-15-9(2)13-14-11(15)10-6-4-5-7-12-10/h10,12H,3-8H2,1-2H3/t10-/m1/s1. The third-order valence-corrected chi connectivity index (χ3v) is 3.03.